The number of likely N-dealkylation sites (tertiary alicyclic amines) is 2. The summed E-state index contributed by atoms with van der Waals surface area (Å²) in [5, 5.41) is 21.9. The zero-order valence-electron chi connectivity index (χ0n) is 17.5. The average Bonchev–Trinajstić information content (AvgIpc) is 3.34. The van der Waals surface area contributed by atoms with Crippen molar-refractivity contribution in [3.8, 4) is 0 Å². The number of carbonyl (C=O) groups is 4. The quantitative estimate of drug-likeness (QED) is 0.279. The van der Waals surface area contributed by atoms with Crippen molar-refractivity contribution in [1.82, 2.24) is 15.1 Å². The Morgan fingerprint density at radius 3 is 2.07 bits per heavy atom. The van der Waals surface area contributed by atoms with Crippen molar-refractivity contribution >= 4 is 23.6 Å². The van der Waals surface area contributed by atoms with Crippen molar-refractivity contribution in [2.75, 3.05) is 19.6 Å². The van der Waals surface area contributed by atoms with Gasteiger partial charge in [-0.15, -0.1) is 0 Å². The maximum atomic E-state index is 13.2. The molecule has 0 spiro atoms. The first-order valence-electron chi connectivity index (χ1n) is 10.4. The lowest BCUT2D eigenvalue weighted by molar-refractivity contribution is -0.149. The molecule has 2 rings (SSSR count). The Bertz CT molecular complexity index is 670. The zero-order valence-corrected chi connectivity index (χ0v) is 17.5. The maximum absolute atomic E-state index is 13.2. The molecule has 11 nitrogen and oxygen atoms in total. The first-order valence-corrected chi connectivity index (χ1v) is 10.4. The van der Waals surface area contributed by atoms with Crippen LogP contribution in [0.2, 0.25) is 0 Å². The van der Waals surface area contributed by atoms with Crippen LogP contribution in [0, 0.1) is 5.92 Å². The van der Waals surface area contributed by atoms with Crippen LogP contribution in [0.4, 0.5) is 0 Å². The molecule has 170 valence electrons. The molecule has 0 aliphatic carbocycles. The number of hydrogen-bond donors (Lipinski definition) is 5. The number of hydrogen-bond acceptors (Lipinski definition) is 7. The molecule has 0 saturated carbocycles. The summed E-state index contributed by atoms with van der Waals surface area (Å²) in [7, 11) is 0. The zero-order chi connectivity index (χ0) is 22.6. The van der Waals surface area contributed by atoms with Crippen LogP contribution in [-0.4, -0.2) is 93.6 Å². The number of aliphatic hydroxyl groups excluding tert-OH is 2. The third kappa shape index (κ3) is 5.08. The number of nitrogens with two attached hydrogens (primary N) is 2. The van der Waals surface area contributed by atoms with Crippen LogP contribution < -0.4 is 16.8 Å². The van der Waals surface area contributed by atoms with E-state index in [9.17, 15) is 29.4 Å². The molecule has 7 N–H and O–H groups in total. The summed E-state index contributed by atoms with van der Waals surface area (Å²) in [5.74, 6) is -2.93. The fourth-order valence-corrected chi connectivity index (χ4v) is 4.18. The number of nitrogens with one attached hydrogen (secondary N) is 1. The lowest BCUT2D eigenvalue weighted by atomic mass is 10.0. The van der Waals surface area contributed by atoms with E-state index in [0.717, 1.165) is 0 Å². The standard InChI is InChI=1S/C19H33N5O6/c1-10(25)12(9-20)18(29)24-8-4-6-14(24)19(30)23-7-3-5-13(23)17(28)22-15(11(2)26)16(21)27/h10-15,25-26H,3-9,20H2,1-2H3,(H2,21,27)(H,22,28). The van der Waals surface area contributed by atoms with Gasteiger partial charge in [-0.25, -0.2) is 0 Å². The van der Waals surface area contributed by atoms with E-state index in [1.54, 1.807) is 0 Å². The molecule has 30 heavy (non-hydrogen) atoms. The molecule has 0 aromatic carbocycles. The van der Waals surface area contributed by atoms with E-state index >= 15 is 0 Å². The highest BCUT2D eigenvalue weighted by Crippen LogP contribution is 2.26. The summed E-state index contributed by atoms with van der Waals surface area (Å²) >= 11 is 0. The van der Waals surface area contributed by atoms with Crippen LogP contribution in [-0.2, 0) is 19.2 Å². The second-order valence-corrected chi connectivity index (χ2v) is 8.09. The number of primary amides is 1. The van der Waals surface area contributed by atoms with Crippen LogP contribution in [0.15, 0.2) is 0 Å². The Labute approximate surface area is 175 Å². The van der Waals surface area contributed by atoms with Crippen molar-refractivity contribution in [3.05, 3.63) is 0 Å². The molecule has 4 amide bonds. The third-order valence-electron chi connectivity index (χ3n) is 5.90. The molecule has 0 radical (unpaired) electrons. The van der Waals surface area contributed by atoms with Crippen LogP contribution in [0.25, 0.3) is 0 Å². The highest BCUT2D eigenvalue weighted by Gasteiger charge is 2.44. The number of amides is 4. The van der Waals surface area contributed by atoms with Crippen LogP contribution in [0.5, 0.6) is 0 Å². The fourth-order valence-electron chi connectivity index (χ4n) is 4.18. The third-order valence-corrected chi connectivity index (χ3v) is 5.90. The summed E-state index contributed by atoms with van der Waals surface area (Å²) < 4.78 is 0. The predicted octanol–water partition coefficient (Wildman–Crippen LogP) is -2.72. The van der Waals surface area contributed by atoms with Gasteiger partial charge in [-0.2, -0.15) is 0 Å². The Morgan fingerprint density at radius 1 is 1.00 bits per heavy atom. The summed E-state index contributed by atoms with van der Waals surface area (Å²) in [6, 6.07) is -2.78. The molecule has 2 aliphatic heterocycles. The monoisotopic (exact) mass is 427 g/mol. The summed E-state index contributed by atoms with van der Waals surface area (Å²) in [6.07, 6.45) is -0.00825. The normalized spacial score (nSPS) is 25.5. The Hall–Kier alpha value is -2.24. The van der Waals surface area contributed by atoms with E-state index in [1.165, 1.54) is 23.6 Å². The van der Waals surface area contributed by atoms with Gasteiger partial charge in [-0.05, 0) is 39.5 Å². The van der Waals surface area contributed by atoms with Gasteiger partial charge in [0.25, 0.3) is 0 Å². The van der Waals surface area contributed by atoms with Crippen molar-refractivity contribution < 1.29 is 29.4 Å². The van der Waals surface area contributed by atoms with Crippen molar-refractivity contribution in [2.24, 2.45) is 17.4 Å². The van der Waals surface area contributed by atoms with Gasteiger partial charge in [0.1, 0.15) is 18.1 Å². The molecule has 2 heterocycles. The van der Waals surface area contributed by atoms with Crippen molar-refractivity contribution in [3.63, 3.8) is 0 Å². The first kappa shape index (κ1) is 24.0. The van der Waals surface area contributed by atoms with Gasteiger partial charge in [0.2, 0.25) is 23.6 Å². The highest BCUT2D eigenvalue weighted by atomic mass is 16.3. The van der Waals surface area contributed by atoms with Gasteiger partial charge in [-0.1, -0.05) is 0 Å². The van der Waals surface area contributed by atoms with Crippen molar-refractivity contribution in [2.45, 2.75) is 69.9 Å². The molecule has 11 heteroatoms. The number of carbonyl (C=O) groups excluding carboxylic acids is 4. The molecule has 0 bridgehead atoms. The minimum atomic E-state index is -1.25. The first-order chi connectivity index (χ1) is 14.1. The van der Waals surface area contributed by atoms with Gasteiger partial charge >= 0.3 is 0 Å². The Morgan fingerprint density at radius 2 is 1.57 bits per heavy atom. The SMILES string of the molecule is CC(O)C(CN)C(=O)N1CCCC1C(=O)N1CCCC1C(=O)NC(C(N)=O)C(C)O. The molecule has 6 unspecified atom stereocenters. The molecular formula is C19H33N5O6. The maximum Gasteiger partial charge on any atom is 0.246 e. The highest BCUT2D eigenvalue weighted by molar-refractivity contribution is 5.95. The van der Waals surface area contributed by atoms with Gasteiger partial charge in [-0.3, -0.25) is 19.2 Å². The largest absolute Gasteiger partial charge is 0.393 e. The smallest absolute Gasteiger partial charge is 0.246 e. The van der Waals surface area contributed by atoms with E-state index in [-0.39, 0.29) is 18.4 Å². The van der Waals surface area contributed by atoms with Crippen molar-refractivity contribution in [1.29, 1.82) is 0 Å². The van der Waals surface area contributed by atoms with E-state index < -0.39 is 48.1 Å². The van der Waals surface area contributed by atoms with E-state index in [1.807, 2.05) is 0 Å². The minimum Gasteiger partial charge on any atom is -0.393 e. The molecule has 0 aromatic rings. The van der Waals surface area contributed by atoms with E-state index in [2.05, 4.69) is 5.32 Å². The van der Waals surface area contributed by atoms with E-state index in [0.29, 0.717) is 38.8 Å². The number of rotatable bonds is 8. The average molecular weight is 428 g/mol. The Kier molecular flexibility index (Phi) is 8.16. The Balaban J connectivity index is 2.13. The molecule has 2 fully saturated rings. The number of nitrogens with zero attached hydrogens (tertiary/aromatic N) is 2. The van der Waals surface area contributed by atoms with Crippen LogP contribution in [0.1, 0.15) is 39.5 Å². The molecule has 2 aliphatic rings. The van der Waals surface area contributed by atoms with Gasteiger partial charge in [0.05, 0.1) is 18.1 Å². The van der Waals surface area contributed by atoms with Crippen LogP contribution in [0.3, 0.4) is 0 Å². The molecule has 6 atom stereocenters. The molecular weight excluding hydrogens is 394 g/mol. The van der Waals surface area contributed by atoms with E-state index in [4.69, 9.17) is 11.5 Å². The molecule has 0 aromatic heterocycles. The minimum absolute atomic E-state index is 0.0312. The van der Waals surface area contributed by atoms with Gasteiger partial charge in [0, 0.05) is 19.6 Å². The second-order valence-electron chi connectivity index (χ2n) is 8.09. The lowest BCUT2D eigenvalue weighted by Gasteiger charge is -2.33. The molecule has 2 saturated heterocycles. The van der Waals surface area contributed by atoms with Gasteiger partial charge in [0.15, 0.2) is 0 Å². The second kappa shape index (κ2) is 10.2. The summed E-state index contributed by atoms with van der Waals surface area (Å²) in [5.41, 5.74) is 10.9. The summed E-state index contributed by atoms with van der Waals surface area (Å²) in [4.78, 5) is 53.1. The fraction of sp³-hybridized carbons (Fsp3) is 0.789. The number of aliphatic hydroxyl groups is 2. The lowest BCUT2D eigenvalue weighted by Crippen LogP contribution is -2.58. The van der Waals surface area contributed by atoms with Gasteiger partial charge < -0.3 is 36.8 Å². The predicted molar refractivity (Wildman–Crippen MR) is 107 cm³/mol. The topological polar surface area (TPSA) is 179 Å². The van der Waals surface area contributed by atoms with Crippen LogP contribution >= 0.6 is 0 Å². The summed E-state index contributed by atoms with van der Waals surface area (Å²) in [6.45, 7) is 3.53.